The number of amides is 1. The third-order valence-electron chi connectivity index (χ3n) is 4.46. The molecule has 0 aromatic heterocycles. The molecule has 1 amide bonds. The van der Waals surface area contributed by atoms with Crippen LogP contribution < -0.4 is 20.1 Å². The van der Waals surface area contributed by atoms with Crippen LogP contribution in [0, 0.1) is 0 Å². The van der Waals surface area contributed by atoms with Gasteiger partial charge in [-0.25, -0.2) is 0 Å². The molecule has 0 spiro atoms. The summed E-state index contributed by atoms with van der Waals surface area (Å²) in [4.78, 5) is 12.2. The molecule has 7 nitrogen and oxygen atoms in total. The van der Waals surface area contributed by atoms with Gasteiger partial charge in [0.1, 0.15) is 24.7 Å². The van der Waals surface area contributed by atoms with Crippen LogP contribution in [0.4, 0.5) is 11.4 Å². The van der Waals surface area contributed by atoms with Crippen LogP contribution in [0.1, 0.15) is 12.8 Å². The first-order valence-electron chi connectivity index (χ1n) is 9.83. The van der Waals surface area contributed by atoms with Crippen molar-refractivity contribution in [3.8, 4) is 11.5 Å². The van der Waals surface area contributed by atoms with Crippen molar-refractivity contribution in [2.75, 3.05) is 50.7 Å². The number of ether oxygens (including phenoxy) is 4. The molecule has 3 rings (SSSR count). The molecule has 2 aromatic rings. The number of benzene rings is 2. The minimum Gasteiger partial charge on any atom is -0.491 e. The van der Waals surface area contributed by atoms with E-state index in [9.17, 15) is 4.79 Å². The van der Waals surface area contributed by atoms with Gasteiger partial charge >= 0.3 is 0 Å². The average molecular weight is 400 g/mol. The van der Waals surface area contributed by atoms with Crippen LogP contribution in [0.3, 0.4) is 0 Å². The maximum absolute atomic E-state index is 12.2. The highest BCUT2D eigenvalue weighted by Gasteiger charge is 2.15. The van der Waals surface area contributed by atoms with E-state index in [2.05, 4.69) is 10.6 Å². The van der Waals surface area contributed by atoms with Gasteiger partial charge in [-0.1, -0.05) is 0 Å². The highest BCUT2D eigenvalue weighted by Crippen LogP contribution is 2.19. The molecule has 1 aliphatic heterocycles. The lowest BCUT2D eigenvalue weighted by Gasteiger charge is -2.12. The number of hydrogen-bond acceptors (Lipinski definition) is 6. The number of methoxy groups -OCH3 is 1. The van der Waals surface area contributed by atoms with Crippen LogP contribution >= 0.6 is 0 Å². The molecule has 0 bridgehead atoms. The summed E-state index contributed by atoms with van der Waals surface area (Å²) in [5.74, 6) is 1.40. The van der Waals surface area contributed by atoms with Crippen LogP contribution in [0.25, 0.3) is 0 Å². The molecule has 1 saturated heterocycles. The Morgan fingerprint density at radius 1 is 1.00 bits per heavy atom. The van der Waals surface area contributed by atoms with E-state index in [1.807, 2.05) is 48.5 Å². The normalized spacial score (nSPS) is 15.7. The van der Waals surface area contributed by atoms with E-state index in [1.165, 1.54) is 0 Å². The van der Waals surface area contributed by atoms with E-state index in [0.29, 0.717) is 19.8 Å². The lowest BCUT2D eigenvalue weighted by molar-refractivity contribution is -0.114. The van der Waals surface area contributed by atoms with Crippen molar-refractivity contribution in [1.29, 1.82) is 0 Å². The molecule has 1 atom stereocenters. The summed E-state index contributed by atoms with van der Waals surface area (Å²) < 4.78 is 21.7. The van der Waals surface area contributed by atoms with Crippen LogP contribution in [0.15, 0.2) is 48.5 Å². The second-order valence-electron chi connectivity index (χ2n) is 6.74. The third-order valence-corrected chi connectivity index (χ3v) is 4.46. The Bertz CT molecular complexity index is 743. The summed E-state index contributed by atoms with van der Waals surface area (Å²) >= 11 is 0. The standard InChI is InChI=1S/C22H28N2O5/c1-26-13-14-28-19-8-4-17(5-9-19)23-15-22(25)24-18-6-10-20(11-7-18)29-16-21-3-2-12-27-21/h4-11,21,23H,2-3,12-16H2,1H3,(H,24,25). The molecule has 156 valence electrons. The number of carbonyl (C=O) groups excluding carboxylic acids is 1. The Hall–Kier alpha value is -2.77. The van der Waals surface area contributed by atoms with Crippen molar-refractivity contribution in [1.82, 2.24) is 0 Å². The molecule has 2 aromatic carbocycles. The highest BCUT2D eigenvalue weighted by molar-refractivity contribution is 5.93. The van der Waals surface area contributed by atoms with Crippen LogP contribution in [0.5, 0.6) is 11.5 Å². The number of hydrogen-bond donors (Lipinski definition) is 2. The van der Waals surface area contributed by atoms with Crippen molar-refractivity contribution >= 4 is 17.3 Å². The molecule has 0 aliphatic carbocycles. The van der Waals surface area contributed by atoms with E-state index < -0.39 is 0 Å². The summed E-state index contributed by atoms with van der Waals surface area (Å²) in [6.07, 6.45) is 2.33. The van der Waals surface area contributed by atoms with Crippen molar-refractivity contribution in [3.63, 3.8) is 0 Å². The van der Waals surface area contributed by atoms with E-state index in [1.54, 1.807) is 7.11 Å². The molecule has 1 aliphatic rings. The minimum atomic E-state index is -0.126. The Labute approximate surface area is 171 Å². The zero-order valence-electron chi connectivity index (χ0n) is 16.7. The predicted molar refractivity (Wildman–Crippen MR) is 112 cm³/mol. The predicted octanol–water partition coefficient (Wildman–Crippen LogP) is 3.32. The molecular formula is C22H28N2O5. The van der Waals surface area contributed by atoms with Crippen molar-refractivity contribution in [2.24, 2.45) is 0 Å². The molecule has 2 N–H and O–H groups in total. The van der Waals surface area contributed by atoms with Gasteiger partial charge in [-0.3, -0.25) is 4.79 Å². The Kier molecular flexibility index (Phi) is 8.15. The summed E-state index contributed by atoms with van der Waals surface area (Å²) in [5.41, 5.74) is 1.57. The SMILES string of the molecule is COCCOc1ccc(NCC(=O)Nc2ccc(OCC3CCCO3)cc2)cc1. The molecule has 0 saturated carbocycles. The van der Waals surface area contributed by atoms with Crippen LogP contribution in [-0.2, 0) is 14.3 Å². The van der Waals surface area contributed by atoms with Gasteiger partial charge in [0.25, 0.3) is 0 Å². The molecule has 7 heteroatoms. The Morgan fingerprint density at radius 2 is 1.69 bits per heavy atom. The maximum atomic E-state index is 12.2. The number of nitrogens with one attached hydrogen (secondary N) is 2. The van der Waals surface area contributed by atoms with Gasteiger partial charge in [-0.05, 0) is 61.4 Å². The van der Waals surface area contributed by atoms with E-state index in [4.69, 9.17) is 18.9 Å². The topological polar surface area (TPSA) is 78.1 Å². The lowest BCUT2D eigenvalue weighted by Crippen LogP contribution is -2.21. The van der Waals surface area contributed by atoms with Gasteiger partial charge in [0.05, 0.1) is 19.3 Å². The van der Waals surface area contributed by atoms with Crippen LogP contribution in [0.2, 0.25) is 0 Å². The average Bonchev–Trinajstić information content (AvgIpc) is 3.27. The van der Waals surface area contributed by atoms with E-state index >= 15 is 0 Å². The van der Waals surface area contributed by atoms with Gasteiger partial charge in [-0.15, -0.1) is 0 Å². The Morgan fingerprint density at radius 3 is 2.34 bits per heavy atom. The molecular weight excluding hydrogens is 372 g/mol. The fourth-order valence-electron chi connectivity index (χ4n) is 2.90. The second-order valence-corrected chi connectivity index (χ2v) is 6.74. The number of carbonyl (C=O) groups is 1. The molecule has 1 fully saturated rings. The smallest absolute Gasteiger partial charge is 0.243 e. The fourth-order valence-corrected chi connectivity index (χ4v) is 2.90. The third kappa shape index (κ3) is 7.29. The molecule has 1 heterocycles. The van der Waals surface area contributed by atoms with Gasteiger partial charge < -0.3 is 29.6 Å². The largest absolute Gasteiger partial charge is 0.491 e. The zero-order chi connectivity index (χ0) is 20.3. The monoisotopic (exact) mass is 400 g/mol. The maximum Gasteiger partial charge on any atom is 0.243 e. The van der Waals surface area contributed by atoms with Gasteiger partial charge in [0.15, 0.2) is 0 Å². The summed E-state index contributed by atoms with van der Waals surface area (Å²) in [6, 6.07) is 14.8. The lowest BCUT2D eigenvalue weighted by atomic mass is 10.2. The number of rotatable bonds is 11. The second kappa shape index (κ2) is 11.3. The summed E-state index contributed by atoms with van der Waals surface area (Å²) in [6.45, 7) is 2.60. The van der Waals surface area contributed by atoms with Crippen LogP contribution in [-0.4, -0.2) is 52.1 Å². The minimum absolute atomic E-state index is 0.126. The Balaban J connectivity index is 1.37. The van der Waals surface area contributed by atoms with E-state index in [0.717, 1.165) is 42.3 Å². The first-order valence-corrected chi connectivity index (χ1v) is 9.83. The fraction of sp³-hybridized carbons (Fsp3) is 0.409. The van der Waals surface area contributed by atoms with Crippen molar-refractivity contribution < 1.29 is 23.7 Å². The van der Waals surface area contributed by atoms with Crippen molar-refractivity contribution in [2.45, 2.75) is 18.9 Å². The van der Waals surface area contributed by atoms with E-state index in [-0.39, 0.29) is 18.6 Å². The van der Waals surface area contributed by atoms with Crippen molar-refractivity contribution in [3.05, 3.63) is 48.5 Å². The first kappa shape index (κ1) is 21.0. The highest BCUT2D eigenvalue weighted by atomic mass is 16.5. The summed E-state index contributed by atoms with van der Waals surface area (Å²) in [7, 11) is 1.64. The molecule has 0 radical (unpaired) electrons. The first-order chi connectivity index (χ1) is 14.2. The quantitative estimate of drug-likeness (QED) is 0.564. The molecule has 29 heavy (non-hydrogen) atoms. The van der Waals surface area contributed by atoms with Gasteiger partial charge in [-0.2, -0.15) is 0 Å². The van der Waals surface area contributed by atoms with Gasteiger partial charge in [0.2, 0.25) is 5.91 Å². The summed E-state index contributed by atoms with van der Waals surface area (Å²) in [5, 5.41) is 5.95. The molecule has 1 unspecified atom stereocenters. The number of anilines is 2. The zero-order valence-corrected chi connectivity index (χ0v) is 16.7. The van der Waals surface area contributed by atoms with Gasteiger partial charge in [0, 0.05) is 25.1 Å².